The molecular weight excluding hydrogens is 458 g/mol. The van der Waals surface area contributed by atoms with Crippen molar-refractivity contribution in [2.75, 3.05) is 6.61 Å². The minimum absolute atomic E-state index is 0.161. The Labute approximate surface area is 210 Å². The fourth-order valence-corrected chi connectivity index (χ4v) is 3.61. The maximum absolute atomic E-state index is 11.7. The Morgan fingerprint density at radius 2 is 1.72 bits per heavy atom. The lowest BCUT2D eigenvalue weighted by Crippen LogP contribution is -2.38. The van der Waals surface area contributed by atoms with Gasteiger partial charge in [0.1, 0.15) is 29.6 Å². The third-order valence-corrected chi connectivity index (χ3v) is 5.72. The highest BCUT2D eigenvalue weighted by atomic mass is 16.5. The van der Waals surface area contributed by atoms with E-state index in [1.54, 1.807) is 12.1 Å². The standard InChI is InChI=1S/C29H29NO6/c1-20-25(30-19-35-20)15-16-33-23-13-14-26(36-29(2,3)28(31)32)22(17-23)18-34-27-12-8-7-11-24(27)21-9-5-4-6-10-21/h4-14,17,19H,15-16,18H2,1-3H3,(H,31,32). The number of carboxylic acids is 1. The predicted molar refractivity (Wildman–Crippen MR) is 135 cm³/mol. The van der Waals surface area contributed by atoms with E-state index in [1.807, 2.05) is 67.6 Å². The van der Waals surface area contributed by atoms with Crippen molar-refractivity contribution in [1.29, 1.82) is 0 Å². The smallest absolute Gasteiger partial charge is 0.347 e. The van der Waals surface area contributed by atoms with Gasteiger partial charge in [-0.15, -0.1) is 0 Å². The van der Waals surface area contributed by atoms with Crippen LogP contribution in [0.3, 0.4) is 0 Å². The van der Waals surface area contributed by atoms with Crippen LogP contribution in [-0.2, 0) is 17.8 Å². The van der Waals surface area contributed by atoms with Gasteiger partial charge in [0.25, 0.3) is 0 Å². The summed E-state index contributed by atoms with van der Waals surface area (Å²) in [4.78, 5) is 15.9. The molecule has 1 aromatic heterocycles. The molecule has 1 heterocycles. The first-order chi connectivity index (χ1) is 17.3. The Morgan fingerprint density at radius 3 is 2.44 bits per heavy atom. The van der Waals surface area contributed by atoms with E-state index in [0.29, 0.717) is 35.8 Å². The van der Waals surface area contributed by atoms with E-state index in [-0.39, 0.29) is 6.61 Å². The zero-order valence-electron chi connectivity index (χ0n) is 20.6. The second-order valence-electron chi connectivity index (χ2n) is 8.79. The summed E-state index contributed by atoms with van der Waals surface area (Å²) in [6, 6.07) is 23.0. The van der Waals surface area contributed by atoms with E-state index in [4.69, 9.17) is 18.6 Å². The lowest BCUT2D eigenvalue weighted by molar-refractivity contribution is -0.152. The molecule has 0 aliphatic rings. The molecule has 7 nitrogen and oxygen atoms in total. The zero-order chi connectivity index (χ0) is 25.5. The number of rotatable bonds is 11. The first-order valence-electron chi connectivity index (χ1n) is 11.7. The monoisotopic (exact) mass is 487 g/mol. The highest BCUT2D eigenvalue weighted by Gasteiger charge is 2.30. The van der Waals surface area contributed by atoms with E-state index in [2.05, 4.69) is 4.98 Å². The van der Waals surface area contributed by atoms with Gasteiger partial charge >= 0.3 is 5.97 Å². The molecule has 36 heavy (non-hydrogen) atoms. The summed E-state index contributed by atoms with van der Waals surface area (Å²) >= 11 is 0. The topological polar surface area (TPSA) is 91.0 Å². The summed E-state index contributed by atoms with van der Waals surface area (Å²) in [5, 5.41) is 9.55. The first-order valence-corrected chi connectivity index (χ1v) is 11.7. The highest BCUT2D eigenvalue weighted by Crippen LogP contribution is 2.33. The number of aryl methyl sites for hydroxylation is 1. The molecule has 0 amide bonds. The van der Waals surface area contributed by atoms with Crippen LogP contribution in [0.4, 0.5) is 0 Å². The zero-order valence-corrected chi connectivity index (χ0v) is 20.6. The van der Waals surface area contributed by atoms with Gasteiger partial charge in [0.2, 0.25) is 0 Å². The third-order valence-electron chi connectivity index (χ3n) is 5.72. The van der Waals surface area contributed by atoms with Gasteiger partial charge in [0, 0.05) is 17.5 Å². The van der Waals surface area contributed by atoms with Crippen LogP contribution in [0, 0.1) is 6.92 Å². The van der Waals surface area contributed by atoms with Crippen LogP contribution in [0.5, 0.6) is 17.2 Å². The summed E-state index contributed by atoms with van der Waals surface area (Å²) in [6.45, 7) is 5.45. The van der Waals surface area contributed by atoms with Crippen molar-refractivity contribution in [3.05, 3.63) is 96.2 Å². The molecule has 0 aliphatic carbocycles. The molecule has 0 atom stereocenters. The van der Waals surface area contributed by atoms with Gasteiger partial charge in [0.15, 0.2) is 12.0 Å². The molecule has 0 saturated carbocycles. The third kappa shape index (κ3) is 6.05. The van der Waals surface area contributed by atoms with Gasteiger partial charge < -0.3 is 23.7 Å². The second-order valence-corrected chi connectivity index (χ2v) is 8.79. The number of aliphatic carboxylic acids is 1. The number of hydrogen-bond donors (Lipinski definition) is 1. The van der Waals surface area contributed by atoms with E-state index < -0.39 is 11.6 Å². The Bertz CT molecular complexity index is 1310. The van der Waals surface area contributed by atoms with Crippen LogP contribution >= 0.6 is 0 Å². The highest BCUT2D eigenvalue weighted by molar-refractivity contribution is 5.77. The lowest BCUT2D eigenvalue weighted by atomic mass is 10.0. The van der Waals surface area contributed by atoms with Crippen LogP contribution in [-0.4, -0.2) is 28.3 Å². The molecule has 0 saturated heterocycles. The Morgan fingerprint density at radius 1 is 0.972 bits per heavy atom. The second kappa shape index (κ2) is 11.0. The number of para-hydroxylation sites is 1. The van der Waals surface area contributed by atoms with Crippen LogP contribution < -0.4 is 14.2 Å². The summed E-state index contributed by atoms with van der Waals surface area (Å²) < 4.78 is 23.3. The normalized spacial score (nSPS) is 11.2. The van der Waals surface area contributed by atoms with Crippen molar-refractivity contribution in [3.63, 3.8) is 0 Å². The average Bonchev–Trinajstić information content (AvgIpc) is 3.29. The van der Waals surface area contributed by atoms with Crippen molar-refractivity contribution in [2.45, 2.75) is 39.4 Å². The molecule has 0 spiro atoms. The molecule has 1 N–H and O–H groups in total. The molecule has 186 valence electrons. The Balaban J connectivity index is 1.55. The van der Waals surface area contributed by atoms with Crippen molar-refractivity contribution >= 4 is 5.97 Å². The maximum atomic E-state index is 11.7. The van der Waals surface area contributed by atoms with Crippen LogP contribution in [0.25, 0.3) is 11.1 Å². The number of carbonyl (C=O) groups is 1. The fourth-order valence-electron chi connectivity index (χ4n) is 3.61. The van der Waals surface area contributed by atoms with Crippen molar-refractivity contribution in [2.24, 2.45) is 0 Å². The van der Waals surface area contributed by atoms with Crippen LogP contribution in [0.1, 0.15) is 30.9 Å². The van der Waals surface area contributed by atoms with Gasteiger partial charge in [-0.3, -0.25) is 0 Å². The SMILES string of the molecule is Cc1ocnc1CCOc1ccc(OC(C)(C)C(=O)O)c(COc2ccccc2-c2ccccc2)c1. The molecule has 0 fully saturated rings. The molecule has 7 heteroatoms. The van der Waals surface area contributed by atoms with Crippen LogP contribution in [0.2, 0.25) is 0 Å². The average molecular weight is 488 g/mol. The van der Waals surface area contributed by atoms with E-state index in [9.17, 15) is 9.90 Å². The van der Waals surface area contributed by atoms with Gasteiger partial charge in [-0.1, -0.05) is 48.5 Å². The molecule has 0 aliphatic heterocycles. The minimum atomic E-state index is -1.41. The summed E-state index contributed by atoms with van der Waals surface area (Å²) in [6.07, 6.45) is 2.02. The van der Waals surface area contributed by atoms with Crippen LogP contribution in [0.15, 0.2) is 83.6 Å². The Kier molecular flexibility index (Phi) is 7.59. The minimum Gasteiger partial charge on any atom is -0.493 e. The number of ether oxygens (including phenoxy) is 3. The predicted octanol–water partition coefficient (Wildman–Crippen LogP) is 6.09. The molecule has 4 aromatic rings. The maximum Gasteiger partial charge on any atom is 0.347 e. The van der Waals surface area contributed by atoms with Crippen molar-refractivity contribution < 1.29 is 28.5 Å². The molecule has 0 unspecified atom stereocenters. The number of benzene rings is 3. The molecule has 3 aromatic carbocycles. The lowest BCUT2D eigenvalue weighted by Gasteiger charge is -2.24. The van der Waals surface area contributed by atoms with E-state index in [0.717, 1.165) is 22.6 Å². The number of carboxylic acid groups (broad SMARTS) is 1. The Hall–Kier alpha value is -4.26. The molecule has 0 radical (unpaired) electrons. The molecule has 4 rings (SSSR count). The van der Waals surface area contributed by atoms with E-state index >= 15 is 0 Å². The van der Waals surface area contributed by atoms with Gasteiger partial charge in [-0.25, -0.2) is 9.78 Å². The number of hydrogen-bond acceptors (Lipinski definition) is 6. The quantitative estimate of drug-likeness (QED) is 0.274. The fraction of sp³-hybridized carbons (Fsp3) is 0.241. The number of oxazole rings is 1. The van der Waals surface area contributed by atoms with Gasteiger partial charge in [0.05, 0.1) is 12.3 Å². The number of aromatic nitrogens is 1. The first kappa shape index (κ1) is 24.9. The van der Waals surface area contributed by atoms with Gasteiger partial charge in [-0.2, -0.15) is 0 Å². The van der Waals surface area contributed by atoms with E-state index in [1.165, 1.54) is 20.2 Å². The number of nitrogens with zero attached hydrogens (tertiary/aromatic N) is 1. The summed E-state index contributed by atoms with van der Waals surface area (Å²) in [7, 11) is 0. The molecular formula is C29H29NO6. The van der Waals surface area contributed by atoms with Crippen molar-refractivity contribution in [1.82, 2.24) is 4.98 Å². The largest absolute Gasteiger partial charge is 0.493 e. The summed E-state index contributed by atoms with van der Waals surface area (Å²) in [5.41, 5.74) is 2.10. The summed E-state index contributed by atoms with van der Waals surface area (Å²) in [5.74, 6) is 1.45. The van der Waals surface area contributed by atoms with Gasteiger partial charge in [-0.05, 0) is 50.6 Å². The van der Waals surface area contributed by atoms with Crippen molar-refractivity contribution in [3.8, 4) is 28.4 Å². The molecule has 0 bridgehead atoms.